The minimum absolute atomic E-state index is 0.0436. The lowest BCUT2D eigenvalue weighted by Gasteiger charge is -2.01. The fourth-order valence-electron chi connectivity index (χ4n) is 0.892. The molecule has 0 aromatic heterocycles. The number of benzene rings is 1. The van der Waals surface area contributed by atoms with Crippen molar-refractivity contribution in [2.75, 3.05) is 12.9 Å². The van der Waals surface area contributed by atoms with Crippen molar-refractivity contribution in [3.8, 4) is 0 Å². The summed E-state index contributed by atoms with van der Waals surface area (Å²) in [5, 5.41) is 8.80. The van der Waals surface area contributed by atoms with Gasteiger partial charge in [0.2, 0.25) is 0 Å². The van der Waals surface area contributed by atoms with Crippen molar-refractivity contribution in [3.05, 3.63) is 29.8 Å². The molecule has 0 aliphatic carbocycles. The van der Waals surface area contributed by atoms with Gasteiger partial charge >= 0.3 is 5.97 Å². The van der Waals surface area contributed by atoms with Crippen LogP contribution in [0.4, 0.5) is 0 Å². The second-order valence-electron chi connectivity index (χ2n) is 2.67. The van der Waals surface area contributed by atoms with E-state index in [2.05, 4.69) is 4.74 Å². The van der Waals surface area contributed by atoms with E-state index in [1.165, 1.54) is 18.9 Å². The fraction of sp³-hybridized carbons (Fsp3) is 0.300. The predicted molar refractivity (Wildman–Crippen MR) is 55.1 cm³/mol. The lowest BCUT2D eigenvalue weighted by atomic mass is 10.2. The van der Waals surface area contributed by atoms with Gasteiger partial charge in [-0.2, -0.15) is 0 Å². The van der Waals surface area contributed by atoms with E-state index in [9.17, 15) is 4.79 Å². The third-order valence-electron chi connectivity index (χ3n) is 1.69. The van der Waals surface area contributed by atoms with Gasteiger partial charge in [-0.05, 0) is 17.7 Å². The minimum Gasteiger partial charge on any atom is -0.468 e. The fourth-order valence-corrected chi connectivity index (χ4v) is 1.62. The summed E-state index contributed by atoms with van der Waals surface area (Å²) in [6.45, 7) is 0.0436. The Hall–Kier alpha value is -1.00. The second-order valence-corrected chi connectivity index (χ2v) is 3.72. The molecule has 0 aliphatic heterocycles. The van der Waals surface area contributed by atoms with Crippen molar-refractivity contribution in [1.29, 1.82) is 0 Å². The first kappa shape index (κ1) is 11.1. The van der Waals surface area contributed by atoms with Crippen LogP contribution in [0.3, 0.4) is 0 Å². The maximum Gasteiger partial charge on any atom is 0.315 e. The highest BCUT2D eigenvalue weighted by Crippen LogP contribution is 2.18. The van der Waals surface area contributed by atoms with Gasteiger partial charge in [0.05, 0.1) is 19.5 Å². The molecule has 0 atom stereocenters. The van der Waals surface area contributed by atoms with Crippen LogP contribution in [0.15, 0.2) is 29.2 Å². The van der Waals surface area contributed by atoms with Crippen LogP contribution in [0.5, 0.6) is 0 Å². The van der Waals surface area contributed by atoms with Gasteiger partial charge in [0.25, 0.3) is 0 Å². The first-order chi connectivity index (χ1) is 6.76. The van der Waals surface area contributed by atoms with E-state index in [0.717, 1.165) is 10.5 Å². The average Bonchev–Trinajstić information content (AvgIpc) is 2.26. The Kier molecular flexibility index (Phi) is 4.49. The third-order valence-corrected chi connectivity index (χ3v) is 2.68. The van der Waals surface area contributed by atoms with Gasteiger partial charge in [-0.15, -0.1) is 11.8 Å². The SMILES string of the molecule is COC(=O)CSc1ccc(CO)cc1. The summed E-state index contributed by atoms with van der Waals surface area (Å²) in [5.74, 6) is 0.0795. The Morgan fingerprint density at radius 1 is 1.43 bits per heavy atom. The summed E-state index contributed by atoms with van der Waals surface area (Å²) in [7, 11) is 1.37. The maximum absolute atomic E-state index is 10.8. The minimum atomic E-state index is -0.235. The number of rotatable bonds is 4. The number of aliphatic hydroxyl groups excluding tert-OH is 1. The highest BCUT2D eigenvalue weighted by Gasteiger charge is 2.01. The van der Waals surface area contributed by atoms with E-state index in [1.807, 2.05) is 24.3 Å². The van der Waals surface area contributed by atoms with E-state index < -0.39 is 0 Å². The number of thioether (sulfide) groups is 1. The summed E-state index contributed by atoms with van der Waals surface area (Å²) in [5.41, 5.74) is 0.868. The monoisotopic (exact) mass is 212 g/mol. The molecule has 76 valence electrons. The maximum atomic E-state index is 10.8. The molecule has 0 spiro atoms. The normalized spacial score (nSPS) is 9.86. The van der Waals surface area contributed by atoms with Crippen LogP contribution in [-0.4, -0.2) is 23.9 Å². The number of carbonyl (C=O) groups excluding carboxylic acids is 1. The molecule has 0 unspecified atom stereocenters. The molecule has 1 aromatic carbocycles. The van der Waals surface area contributed by atoms with Gasteiger partial charge in [0.1, 0.15) is 0 Å². The van der Waals surface area contributed by atoms with Gasteiger partial charge in [-0.3, -0.25) is 4.79 Å². The molecule has 0 saturated heterocycles. The molecule has 14 heavy (non-hydrogen) atoms. The molecule has 1 N–H and O–H groups in total. The standard InChI is InChI=1S/C10H12O3S/c1-13-10(12)7-14-9-4-2-8(6-11)3-5-9/h2-5,11H,6-7H2,1H3. The molecule has 0 heterocycles. The Bertz CT molecular complexity index is 295. The molecule has 4 heteroatoms. The van der Waals surface area contributed by atoms with Crippen molar-refractivity contribution in [2.24, 2.45) is 0 Å². The van der Waals surface area contributed by atoms with E-state index in [4.69, 9.17) is 5.11 Å². The van der Waals surface area contributed by atoms with Crippen molar-refractivity contribution < 1.29 is 14.6 Å². The molecule has 1 aromatic rings. The van der Waals surface area contributed by atoms with Crippen LogP contribution in [0, 0.1) is 0 Å². The van der Waals surface area contributed by atoms with Crippen molar-refractivity contribution in [3.63, 3.8) is 0 Å². The van der Waals surface area contributed by atoms with Gasteiger partial charge in [-0.1, -0.05) is 12.1 Å². The van der Waals surface area contributed by atoms with Crippen molar-refractivity contribution >= 4 is 17.7 Å². The predicted octanol–water partition coefficient (Wildman–Crippen LogP) is 1.44. The van der Waals surface area contributed by atoms with Gasteiger partial charge in [-0.25, -0.2) is 0 Å². The van der Waals surface area contributed by atoms with E-state index in [1.54, 1.807) is 0 Å². The Labute approximate surface area is 87.1 Å². The number of hydrogen-bond acceptors (Lipinski definition) is 4. The molecule has 3 nitrogen and oxygen atoms in total. The molecule has 0 bridgehead atoms. The summed E-state index contributed by atoms with van der Waals surface area (Å²) in [6, 6.07) is 7.41. The number of carbonyl (C=O) groups is 1. The van der Waals surface area contributed by atoms with Crippen molar-refractivity contribution in [2.45, 2.75) is 11.5 Å². The Morgan fingerprint density at radius 3 is 2.57 bits per heavy atom. The number of esters is 1. The topological polar surface area (TPSA) is 46.5 Å². The van der Waals surface area contributed by atoms with Crippen LogP contribution in [0.2, 0.25) is 0 Å². The summed E-state index contributed by atoms with van der Waals surface area (Å²) in [4.78, 5) is 11.8. The molecular weight excluding hydrogens is 200 g/mol. The van der Waals surface area contributed by atoms with Crippen LogP contribution in [0.25, 0.3) is 0 Å². The summed E-state index contributed by atoms with van der Waals surface area (Å²) < 4.78 is 4.52. The highest BCUT2D eigenvalue weighted by molar-refractivity contribution is 8.00. The average molecular weight is 212 g/mol. The number of ether oxygens (including phenoxy) is 1. The van der Waals surface area contributed by atoms with Crippen LogP contribution >= 0.6 is 11.8 Å². The van der Waals surface area contributed by atoms with Gasteiger partial charge in [0, 0.05) is 4.90 Å². The van der Waals surface area contributed by atoms with E-state index in [0.29, 0.717) is 5.75 Å². The molecule has 0 radical (unpaired) electrons. The Balaban J connectivity index is 2.47. The number of aliphatic hydroxyl groups is 1. The quantitative estimate of drug-likeness (QED) is 0.606. The third kappa shape index (κ3) is 3.40. The molecule has 0 fully saturated rings. The smallest absolute Gasteiger partial charge is 0.315 e. The summed E-state index contributed by atoms with van der Waals surface area (Å²) >= 11 is 1.42. The zero-order valence-corrected chi connectivity index (χ0v) is 8.71. The lowest BCUT2D eigenvalue weighted by molar-refractivity contribution is -0.137. The number of methoxy groups -OCH3 is 1. The zero-order valence-electron chi connectivity index (χ0n) is 7.90. The van der Waals surface area contributed by atoms with E-state index in [-0.39, 0.29) is 12.6 Å². The molecule has 0 saturated carbocycles. The number of hydrogen-bond donors (Lipinski definition) is 1. The van der Waals surface area contributed by atoms with Crippen LogP contribution in [-0.2, 0) is 16.1 Å². The van der Waals surface area contributed by atoms with Crippen molar-refractivity contribution in [1.82, 2.24) is 0 Å². The summed E-state index contributed by atoms with van der Waals surface area (Å²) in [6.07, 6.45) is 0. The molecule has 1 rings (SSSR count). The largest absolute Gasteiger partial charge is 0.468 e. The van der Waals surface area contributed by atoms with Gasteiger partial charge in [0.15, 0.2) is 0 Å². The second kappa shape index (κ2) is 5.67. The lowest BCUT2D eigenvalue weighted by Crippen LogP contribution is -2.02. The van der Waals surface area contributed by atoms with Crippen LogP contribution in [0.1, 0.15) is 5.56 Å². The highest BCUT2D eigenvalue weighted by atomic mass is 32.2. The first-order valence-electron chi connectivity index (χ1n) is 4.15. The molecule has 0 aliphatic rings. The van der Waals surface area contributed by atoms with E-state index >= 15 is 0 Å². The van der Waals surface area contributed by atoms with Gasteiger partial charge < -0.3 is 9.84 Å². The zero-order chi connectivity index (χ0) is 10.4. The molecular formula is C10H12O3S. The Morgan fingerprint density at radius 2 is 2.07 bits per heavy atom. The first-order valence-corrected chi connectivity index (χ1v) is 5.14. The van der Waals surface area contributed by atoms with Crippen LogP contribution < -0.4 is 0 Å². The molecule has 0 amide bonds.